The number of hydrogen-bond acceptors (Lipinski definition) is 5. The molecule has 0 amide bonds. The van der Waals surface area contributed by atoms with Crippen molar-refractivity contribution in [3.05, 3.63) is 48.7 Å². The van der Waals surface area contributed by atoms with Crippen LogP contribution in [0.1, 0.15) is 18.6 Å². The maximum Gasteiger partial charge on any atom is 0.138 e. The van der Waals surface area contributed by atoms with Crippen LogP contribution in [-0.2, 0) is 11.3 Å². The summed E-state index contributed by atoms with van der Waals surface area (Å²) in [7, 11) is 0. The van der Waals surface area contributed by atoms with Crippen LogP contribution >= 0.6 is 0 Å². The first-order valence-corrected chi connectivity index (χ1v) is 7.85. The monoisotopic (exact) mass is 300 g/mol. The molecule has 2 fully saturated rings. The Morgan fingerprint density at radius 3 is 3.09 bits per heavy atom. The molecule has 2 aromatic heterocycles. The minimum Gasteiger partial charge on any atom is -0.486 e. The Balaban J connectivity index is 1.44. The lowest BCUT2D eigenvalue weighted by atomic mass is 10.1. The van der Waals surface area contributed by atoms with Gasteiger partial charge < -0.3 is 13.9 Å². The molecule has 0 N–H and O–H groups in total. The Kier molecular flexibility index (Phi) is 3.83. The molecule has 0 radical (unpaired) electrons. The van der Waals surface area contributed by atoms with Gasteiger partial charge in [-0.25, -0.2) is 0 Å². The van der Waals surface area contributed by atoms with Gasteiger partial charge in [0.1, 0.15) is 23.7 Å². The van der Waals surface area contributed by atoms with E-state index in [0.29, 0.717) is 6.04 Å². The molecule has 3 atom stereocenters. The SMILES string of the molecule is c1cncc(O[C@H]2CC[C@H]3[C@H]2OCCN3Cc2ccco2)c1. The van der Waals surface area contributed by atoms with E-state index in [1.165, 1.54) is 0 Å². The van der Waals surface area contributed by atoms with Crippen LogP contribution < -0.4 is 4.74 Å². The van der Waals surface area contributed by atoms with Gasteiger partial charge in [-0.3, -0.25) is 9.88 Å². The molecular weight excluding hydrogens is 280 g/mol. The van der Waals surface area contributed by atoms with Gasteiger partial charge in [0.2, 0.25) is 0 Å². The molecule has 0 spiro atoms. The summed E-state index contributed by atoms with van der Waals surface area (Å²) in [5.41, 5.74) is 0. The summed E-state index contributed by atoms with van der Waals surface area (Å²) in [6.45, 7) is 2.54. The second kappa shape index (κ2) is 6.10. The Morgan fingerprint density at radius 2 is 2.27 bits per heavy atom. The largest absolute Gasteiger partial charge is 0.486 e. The van der Waals surface area contributed by atoms with Crippen LogP contribution in [0, 0.1) is 0 Å². The fraction of sp³-hybridized carbons (Fsp3) is 0.471. The average molecular weight is 300 g/mol. The van der Waals surface area contributed by atoms with E-state index in [9.17, 15) is 0 Å². The van der Waals surface area contributed by atoms with Gasteiger partial charge in [0.15, 0.2) is 0 Å². The molecule has 2 aliphatic rings. The molecule has 1 aliphatic heterocycles. The van der Waals surface area contributed by atoms with Crippen LogP contribution in [0.15, 0.2) is 47.3 Å². The second-order valence-electron chi connectivity index (χ2n) is 5.87. The summed E-state index contributed by atoms with van der Waals surface area (Å²) >= 11 is 0. The van der Waals surface area contributed by atoms with Crippen LogP contribution in [0.3, 0.4) is 0 Å². The van der Waals surface area contributed by atoms with Crippen LogP contribution in [-0.4, -0.2) is 41.3 Å². The highest BCUT2D eigenvalue weighted by Crippen LogP contribution is 2.33. The fourth-order valence-electron chi connectivity index (χ4n) is 3.51. The summed E-state index contributed by atoms with van der Waals surface area (Å²) < 4.78 is 17.6. The molecule has 0 aromatic carbocycles. The summed E-state index contributed by atoms with van der Waals surface area (Å²) in [5.74, 6) is 1.83. The van der Waals surface area contributed by atoms with Gasteiger partial charge in [-0.05, 0) is 37.1 Å². The molecule has 0 unspecified atom stereocenters. The predicted octanol–water partition coefficient (Wildman–Crippen LogP) is 2.49. The van der Waals surface area contributed by atoms with Crippen molar-refractivity contribution in [2.45, 2.75) is 37.6 Å². The van der Waals surface area contributed by atoms with Crippen molar-refractivity contribution in [2.75, 3.05) is 13.2 Å². The lowest BCUT2D eigenvalue weighted by Gasteiger charge is -2.38. The molecule has 2 aromatic rings. The number of ether oxygens (including phenoxy) is 2. The van der Waals surface area contributed by atoms with Crippen molar-refractivity contribution in [3.8, 4) is 5.75 Å². The summed E-state index contributed by atoms with van der Waals surface area (Å²) in [4.78, 5) is 6.56. The Morgan fingerprint density at radius 1 is 1.27 bits per heavy atom. The highest BCUT2D eigenvalue weighted by molar-refractivity contribution is 5.17. The number of rotatable bonds is 4. The molecule has 0 bridgehead atoms. The van der Waals surface area contributed by atoms with E-state index >= 15 is 0 Å². The van der Waals surface area contributed by atoms with E-state index in [-0.39, 0.29) is 12.2 Å². The number of morpholine rings is 1. The number of nitrogens with zero attached hydrogens (tertiary/aromatic N) is 2. The standard InChI is InChI=1S/C17H20N2O3/c1-3-13(11-18-7-1)22-16-6-5-15-17(16)21-10-8-19(15)12-14-4-2-9-20-14/h1-4,7,9,11,15-17H,5-6,8,10,12H2/t15-,16-,17+/m0/s1. The zero-order chi connectivity index (χ0) is 14.8. The highest BCUT2D eigenvalue weighted by Gasteiger charge is 2.44. The molecule has 5 nitrogen and oxygen atoms in total. The maximum atomic E-state index is 6.09. The van der Waals surface area contributed by atoms with Gasteiger partial charge in [0.25, 0.3) is 0 Å². The van der Waals surface area contributed by atoms with Crippen LogP contribution in [0.2, 0.25) is 0 Å². The van der Waals surface area contributed by atoms with Crippen LogP contribution in [0.5, 0.6) is 5.75 Å². The van der Waals surface area contributed by atoms with Gasteiger partial charge >= 0.3 is 0 Å². The normalized spacial score (nSPS) is 28.5. The molecule has 116 valence electrons. The van der Waals surface area contributed by atoms with Crippen molar-refractivity contribution in [2.24, 2.45) is 0 Å². The lowest BCUT2D eigenvalue weighted by molar-refractivity contribution is -0.0929. The second-order valence-corrected chi connectivity index (χ2v) is 5.87. The maximum absolute atomic E-state index is 6.09. The Hall–Kier alpha value is -1.85. The molecule has 5 heteroatoms. The first kappa shape index (κ1) is 13.8. The smallest absolute Gasteiger partial charge is 0.138 e. The number of fused-ring (bicyclic) bond motifs is 1. The molecule has 4 rings (SSSR count). The van der Waals surface area contributed by atoms with E-state index in [0.717, 1.165) is 44.0 Å². The molecular formula is C17H20N2O3. The molecule has 22 heavy (non-hydrogen) atoms. The van der Waals surface area contributed by atoms with Crippen molar-refractivity contribution in [1.82, 2.24) is 9.88 Å². The number of aromatic nitrogens is 1. The third-order valence-electron chi connectivity index (χ3n) is 4.51. The van der Waals surface area contributed by atoms with E-state index in [2.05, 4.69) is 9.88 Å². The lowest BCUT2D eigenvalue weighted by Crippen LogP contribution is -2.51. The quantitative estimate of drug-likeness (QED) is 0.868. The zero-order valence-electron chi connectivity index (χ0n) is 12.4. The van der Waals surface area contributed by atoms with Gasteiger partial charge in [-0.15, -0.1) is 0 Å². The minimum atomic E-state index is 0.105. The first-order valence-electron chi connectivity index (χ1n) is 7.85. The number of hydrogen-bond donors (Lipinski definition) is 0. The Labute approximate surface area is 129 Å². The summed E-state index contributed by atoms with van der Waals surface area (Å²) in [6, 6.07) is 8.22. The fourth-order valence-corrected chi connectivity index (χ4v) is 3.51. The topological polar surface area (TPSA) is 47.7 Å². The average Bonchev–Trinajstić information content (AvgIpc) is 3.19. The summed E-state index contributed by atoms with van der Waals surface area (Å²) in [6.07, 6.45) is 7.59. The molecule has 3 heterocycles. The summed E-state index contributed by atoms with van der Waals surface area (Å²) in [5, 5.41) is 0. The van der Waals surface area contributed by atoms with Gasteiger partial charge in [0, 0.05) is 18.8 Å². The van der Waals surface area contributed by atoms with Crippen LogP contribution in [0.4, 0.5) is 0 Å². The van der Waals surface area contributed by atoms with E-state index in [4.69, 9.17) is 13.9 Å². The highest BCUT2D eigenvalue weighted by atomic mass is 16.5. The van der Waals surface area contributed by atoms with E-state index in [1.807, 2.05) is 24.3 Å². The van der Waals surface area contributed by atoms with Gasteiger partial charge in [-0.2, -0.15) is 0 Å². The number of pyridine rings is 1. The first-order chi connectivity index (χ1) is 10.9. The molecule has 1 saturated heterocycles. The third kappa shape index (κ3) is 2.74. The van der Waals surface area contributed by atoms with Crippen LogP contribution in [0.25, 0.3) is 0 Å². The van der Waals surface area contributed by atoms with E-state index in [1.54, 1.807) is 18.7 Å². The number of furan rings is 1. The van der Waals surface area contributed by atoms with Crippen molar-refractivity contribution >= 4 is 0 Å². The van der Waals surface area contributed by atoms with Gasteiger partial charge in [-0.1, -0.05) is 0 Å². The third-order valence-corrected chi connectivity index (χ3v) is 4.51. The van der Waals surface area contributed by atoms with Gasteiger partial charge in [0.05, 0.1) is 25.6 Å². The minimum absolute atomic E-state index is 0.105. The van der Waals surface area contributed by atoms with Crippen molar-refractivity contribution in [3.63, 3.8) is 0 Å². The molecule has 1 aliphatic carbocycles. The predicted molar refractivity (Wildman–Crippen MR) is 80.5 cm³/mol. The van der Waals surface area contributed by atoms with Crippen molar-refractivity contribution < 1.29 is 13.9 Å². The zero-order valence-corrected chi connectivity index (χ0v) is 12.4. The molecule has 1 saturated carbocycles. The Bertz CT molecular complexity index is 587. The van der Waals surface area contributed by atoms with Crippen molar-refractivity contribution in [1.29, 1.82) is 0 Å². The van der Waals surface area contributed by atoms with E-state index < -0.39 is 0 Å².